The number of nitrogens with zero attached hydrogens (tertiary/aromatic N) is 3. The lowest BCUT2D eigenvalue weighted by atomic mass is 9.92. The molecule has 0 unspecified atom stereocenters. The van der Waals surface area contributed by atoms with Gasteiger partial charge >= 0.3 is 0 Å². The number of rotatable bonds is 4. The van der Waals surface area contributed by atoms with Gasteiger partial charge in [0.2, 0.25) is 16.5 Å². The average Bonchev–Trinajstić information content (AvgIpc) is 2.94. The van der Waals surface area contributed by atoms with Crippen LogP contribution in [0.5, 0.6) is 0 Å². The van der Waals surface area contributed by atoms with Crippen LogP contribution in [0.1, 0.15) is 26.7 Å². The lowest BCUT2D eigenvalue weighted by molar-refractivity contribution is 0.379. The first kappa shape index (κ1) is 11.9. The minimum absolute atomic E-state index is 0.122. The Bertz CT molecular complexity index is 370. The van der Waals surface area contributed by atoms with Crippen molar-refractivity contribution in [1.82, 2.24) is 15.0 Å². The first-order valence-corrected chi connectivity index (χ1v) is 6.08. The maximum absolute atomic E-state index is 5.69. The standard InChI is InChI=1S/C10H14Cl2N4/c1-6(2)10(3-4-10)5-13-9-15-7(11)14-8(12)16-9/h6H,3-5H2,1-2H3,(H,13,14,15,16). The summed E-state index contributed by atoms with van der Waals surface area (Å²) in [6, 6.07) is 0. The number of hydrogen-bond acceptors (Lipinski definition) is 4. The highest BCUT2D eigenvalue weighted by molar-refractivity contribution is 6.31. The molecule has 88 valence electrons. The molecule has 0 spiro atoms. The molecule has 4 nitrogen and oxygen atoms in total. The summed E-state index contributed by atoms with van der Waals surface area (Å²) in [4.78, 5) is 11.6. The average molecular weight is 261 g/mol. The van der Waals surface area contributed by atoms with E-state index in [0.717, 1.165) is 6.54 Å². The minimum atomic E-state index is 0.122. The number of nitrogens with one attached hydrogen (secondary N) is 1. The van der Waals surface area contributed by atoms with Crippen molar-refractivity contribution in [2.45, 2.75) is 26.7 Å². The molecular formula is C10H14Cl2N4. The molecule has 1 fully saturated rings. The Kier molecular flexibility index (Phi) is 3.22. The molecule has 1 aliphatic carbocycles. The summed E-state index contributed by atoms with van der Waals surface area (Å²) in [7, 11) is 0. The lowest BCUT2D eigenvalue weighted by Gasteiger charge is -2.19. The van der Waals surface area contributed by atoms with Crippen LogP contribution in [0.15, 0.2) is 0 Å². The van der Waals surface area contributed by atoms with Gasteiger partial charge in [-0.1, -0.05) is 13.8 Å². The zero-order valence-electron chi connectivity index (χ0n) is 9.30. The van der Waals surface area contributed by atoms with E-state index in [4.69, 9.17) is 23.2 Å². The molecule has 1 saturated carbocycles. The number of halogens is 2. The second-order valence-corrected chi connectivity index (χ2v) is 5.24. The Hall–Kier alpha value is -0.610. The molecule has 16 heavy (non-hydrogen) atoms. The zero-order chi connectivity index (χ0) is 11.8. The van der Waals surface area contributed by atoms with Crippen LogP contribution in [0.25, 0.3) is 0 Å². The Morgan fingerprint density at radius 2 is 1.75 bits per heavy atom. The van der Waals surface area contributed by atoms with Crippen molar-refractivity contribution in [1.29, 1.82) is 0 Å². The molecule has 0 saturated heterocycles. The van der Waals surface area contributed by atoms with Crippen LogP contribution in [0.3, 0.4) is 0 Å². The molecule has 0 aromatic carbocycles. The third-order valence-electron chi connectivity index (χ3n) is 3.30. The van der Waals surface area contributed by atoms with Crippen molar-refractivity contribution in [3.05, 3.63) is 10.6 Å². The molecule has 1 heterocycles. The highest BCUT2D eigenvalue weighted by Gasteiger charge is 2.45. The molecule has 6 heteroatoms. The zero-order valence-corrected chi connectivity index (χ0v) is 10.8. The fourth-order valence-electron chi connectivity index (χ4n) is 1.78. The van der Waals surface area contributed by atoms with E-state index >= 15 is 0 Å². The highest BCUT2D eigenvalue weighted by atomic mass is 35.5. The molecule has 1 aromatic rings. The van der Waals surface area contributed by atoms with Gasteiger partial charge in [0.05, 0.1) is 0 Å². The first-order valence-electron chi connectivity index (χ1n) is 5.33. The van der Waals surface area contributed by atoms with Crippen LogP contribution >= 0.6 is 23.2 Å². The van der Waals surface area contributed by atoms with Gasteiger partial charge in [0.1, 0.15) is 0 Å². The van der Waals surface area contributed by atoms with Crippen LogP contribution in [0, 0.1) is 11.3 Å². The van der Waals surface area contributed by atoms with Crippen molar-refractivity contribution < 1.29 is 0 Å². The summed E-state index contributed by atoms with van der Waals surface area (Å²) in [5, 5.41) is 3.42. The number of anilines is 1. The van der Waals surface area contributed by atoms with Gasteiger partial charge in [-0.2, -0.15) is 15.0 Å². The van der Waals surface area contributed by atoms with E-state index in [9.17, 15) is 0 Å². The Balaban J connectivity index is 2.00. The van der Waals surface area contributed by atoms with Crippen LogP contribution < -0.4 is 5.32 Å². The van der Waals surface area contributed by atoms with Crippen LogP contribution in [0.4, 0.5) is 5.95 Å². The van der Waals surface area contributed by atoms with E-state index in [1.807, 2.05) is 0 Å². The highest BCUT2D eigenvalue weighted by Crippen LogP contribution is 2.51. The fraction of sp³-hybridized carbons (Fsp3) is 0.700. The molecule has 0 amide bonds. The van der Waals surface area contributed by atoms with Gasteiger partial charge in [-0.3, -0.25) is 0 Å². The quantitative estimate of drug-likeness (QED) is 0.905. The van der Waals surface area contributed by atoms with E-state index in [0.29, 0.717) is 17.3 Å². The third kappa shape index (κ3) is 2.55. The van der Waals surface area contributed by atoms with Crippen molar-refractivity contribution in [2.24, 2.45) is 11.3 Å². The fourth-order valence-corrected chi connectivity index (χ4v) is 2.14. The molecule has 0 bridgehead atoms. The molecule has 1 N–H and O–H groups in total. The summed E-state index contributed by atoms with van der Waals surface area (Å²) < 4.78 is 0. The minimum Gasteiger partial charge on any atom is -0.353 e. The summed E-state index contributed by atoms with van der Waals surface area (Å²) in [6.45, 7) is 5.34. The molecule has 0 atom stereocenters. The van der Waals surface area contributed by atoms with E-state index in [1.54, 1.807) is 0 Å². The molecule has 2 rings (SSSR count). The van der Waals surface area contributed by atoms with Crippen molar-refractivity contribution in [3.8, 4) is 0 Å². The number of aromatic nitrogens is 3. The molecule has 0 radical (unpaired) electrons. The van der Waals surface area contributed by atoms with Crippen molar-refractivity contribution in [2.75, 3.05) is 11.9 Å². The SMILES string of the molecule is CC(C)C1(CNc2nc(Cl)nc(Cl)n2)CC1. The first-order chi connectivity index (χ1) is 7.52. The van der Waals surface area contributed by atoms with Crippen LogP contribution in [-0.4, -0.2) is 21.5 Å². The summed E-state index contributed by atoms with van der Waals surface area (Å²) >= 11 is 11.4. The normalized spacial score (nSPS) is 17.6. The second kappa shape index (κ2) is 4.34. The van der Waals surface area contributed by atoms with Crippen LogP contribution in [0.2, 0.25) is 10.6 Å². The van der Waals surface area contributed by atoms with Crippen LogP contribution in [-0.2, 0) is 0 Å². The third-order valence-corrected chi connectivity index (χ3v) is 3.63. The van der Waals surface area contributed by atoms with Gasteiger partial charge in [-0.15, -0.1) is 0 Å². The topological polar surface area (TPSA) is 50.7 Å². The van der Waals surface area contributed by atoms with Crippen molar-refractivity contribution in [3.63, 3.8) is 0 Å². The monoisotopic (exact) mass is 260 g/mol. The van der Waals surface area contributed by atoms with E-state index in [1.165, 1.54) is 12.8 Å². The van der Waals surface area contributed by atoms with Gasteiger partial charge in [0, 0.05) is 6.54 Å². The predicted molar refractivity (Wildman–Crippen MR) is 64.8 cm³/mol. The van der Waals surface area contributed by atoms with Gasteiger partial charge in [0.25, 0.3) is 0 Å². The Labute approximate surface area is 105 Å². The lowest BCUT2D eigenvalue weighted by Crippen LogP contribution is -2.22. The van der Waals surface area contributed by atoms with E-state index < -0.39 is 0 Å². The Morgan fingerprint density at radius 1 is 1.19 bits per heavy atom. The molecule has 1 aliphatic rings. The predicted octanol–water partition coefficient (Wildman–Crippen LogP) is 3.03. The molecular weight excluding hydrogens is 247 g/mol. The van der Waals surface area contributed by atoms with Gasteiger partial charge in [-0.25, -0.2) is 0 Å². The van der Waals surface area contributed by atoms with Gasteiger partial charge in [0.15, 0.2) is 0 Å². The largest absolute Gasteiger partial charge is 0.353 e. The van der Waals surface area contributed by atoms with E-state index in [2.05, 4.69) is 34.1 Å². The van der Waals surface area contributed by atoms with Gasteiger partial charge < -0.3 is 5.32 Å². The summed E-state index contributed by atoms with van der Waals surface area (Å²) in [5.41, 5.74) is 0.394. The molecule has 1 aromatic heterocycles. The summed E-state index contributed by atoms with van der Waals surface area (Å²) in [5.74, 6) is 1.12. The number of hydrogen-bond donors (Lipinski definition) is 1. The summed E-state index contributed by atoms with van der Waals surface area (Å²) in [6.07, 6.45) is 2.51. The van der Waals surface area contributed by atoms with Crippen molar-refractivity contribution >= 4 is 29.2 Å². The molecule has 0 aliphatic heterocycles. The second-order valence-electron chi connectivity index (χ2n) is 4.57. The Morgan fingerprint density at radius 3 is 2.19 bits per heavy atom. The van der Waals surface area contributed by atoms with Gasteiger partial charge in [-0.05, 0) is 47.4 Å². The maximum atomic E-state index is 5.69. The van der Waals surface area contributed by atoms with E-state index in [-0.39, 0.29) is 10.6 Å². The maximum Gasteiger partial charge on any atom is 0.228 e. The smallest absolute Gasteiger partial charge is 0.228 e.